The van der Waals surface area contributed by atoms with Gasteiger partial charge < -0.3 is 0 Å². The molecule has 0 fully saturated rings. The minimum absolute atomic E-state index is 0.0346. The van der Waals surface area contributed by atoms with E-state index in [1.54, 1.807) is 42.5 Å². The number of hydrazone groups is 1. The van der Waals surface area contributed by atoms with Gasteiger partial charge in [0.15, 0.2) is 5.16 Å². The van der Waals surface area contributed by atoms with Gasteiger partial charge in [0.2, 0.25) is 0 Å². The van der Waals surface area contributed by atoms with Crippen LogP contribution in [0.3, 0.4) is 0 Å². The Labute approximate surface area is 216 Å². The average Bonchev–Trinajstić information content (AvgIpc) is 2.91. The molecule has 0 spiro atoms. The molecule has 0 aliphatic heterocycles. The smallest absolute Gasteiger partial charge is 0.266 e. The van der Waals surface area contributed by atoms with Crippen LogP contribution in [0, 0.1) is 0 Å². The van der Waals surface area contributed by atoms with E-state index in [0.29, 0.717) is 32.5 Å². The van der Waals surface area contributed by atoms with Crippen molar-refractivity contribution in [1.29, 1.82) is 0 Å². The highest BCUT2D eigenvalue weighted by Gasteiger charge is 2.15. The van der Waals surface area contributed by atoms with Crippen LogP contribution in [0.15, 0.2) is 106 Å². The molecule has 0 atom stereocenters. The summed E-state index contributed by atoms with van der Waals surface area (Å²) in [5.74, 6) is -0.266. The van der Waals surface area contributed by atoms with Crippen LogP contribution in [0.5, 0.6) is 0 Å². The van der Waals surface area contributed by atoms with Crippen molar-refractivity contribution in [3.05, 3.63) is 112 Å². The first-order valence-corrected chi connectivity index (χ1v) is 12.6. The number of hydrogen-bond donors (Lipinski definition) is 1. The number of nitrogens with one attached hydrogen (secondary N) is 1. The molecule has 0 unspecified atom stereocenters. The summed E-state index contributed by atoms with van der Waals surface area (Å²) in [6, 6.07) is 28.2. The number of thioether (sulfide) groups is 1. The van der Waals surface area contributed by atoms with Gasteiger partial charge in [0.05, 0.1) is 28.1 Å². The quantitative estimate of drug-likeness (QED) is 0.134. The summed E-state index contributed by atoms with van der Waals surface area (Å²) in [5.41, 5.74) is 5.21. The maximum Gasteiger partial charge on any atom is 0.266 e. The molecule has 8 heteroatoms. The lowest BCUT2D eigenvalue weighted by molar-refractivity contribution is -0.118. The fourth-order valence-corrected chi connectivity index (χ4v) is 4.75. The molecular weight excluding hydrogens is 492 g/mol. The molecular formula is C28H21ClN4O2S. The van der Waals surface area contributed by atoms with E-state index in [1.165, 1.54) is 16.3 Å². The molecule has 5 rings (SSSR count). The van der Waals surface area contributed by atoms with Crippen LogP contribution < -0.4 is 11.0 Å². The van der Waals surface area contributed by atoms with Crippen molar-refractivity contribution >= 4 is 56.7 Å². The van der Waals surface area contributed by atoms with E-state index in [9.17, 15) is 9.59 Å². The number of aromatic nitrogens is 2. The lowest BCUT2D eigenvalue weighted by atomic mass is 10.0. The van der Waals surface area contributed by atoms with Crippen LogP contribution >= 0.6 is 23.4 Å². The van der Waals surface area contributed by atoms with E-state index in [-0.39, 0.29) is 17.2 Å². The van der Waals surface area contributed by atoms with Crippen molar-refractivity contribution < 1.29 is 4.79 Å². The summed E-state index contributed by atoms with van der Waals surface area (Å²) in [5, 5.41) is 7.99. The van der Waals surface area contributed by atoms with Gasteiger partial charge in [-0.2, -0.15) is 5.10 Å². The summed E-state index contributed by atoms with van der Waals surface area (Å²) in [6.45, 7) is 1.85. The molecule has 0 aliphatic rings. The Morgan fingerprint density at radius 1 is 0.972 bits per heavy atom. The van der Waals surface area contributed by atoms with Gasteiger partial charge in [-0.1, -0.05) is 71.9 Å². The second-order valence-electron chi connectivity index (χ2n) is 8.11. The predicted octanol–water partition coefficient (Wildman–Crippen LogP) is 5.82. The molecule has 1 amide bonds. The number of para-hydroxylation sites is 1. The highest BCUT2D eigenvalue weighted by atomic mass is 35.5. The van der Waals surface area contributed by atoms with Gasteiger partial charge >= 0.3 is 0 Å². The number of benzene rings is 4. The van der Waals surface area contributed by atoms with Gasteiger partial charge in [0, 0.05) is 5.02 Å². The normalized spacial score (nSPS) is 11.7. The minimum atomic E-state index is -0.301. The number of fused-ring (bicyclic) bond motifs is 2. The Kier molecular flexibility index (Phi) is 6.84. The number of carbonyl (C=O) groups excluding carboxylic acids is 1. The molecule has 36 heavy (non-hydrogen) atoms. The summed E-state index contributed by atoms with van der Waals surface area (Å²) in [6.07, 6.45) is 0. The fourth-order valence-electron chi connectivity index (χ4n) is 3.81. The number of rotatable bonds is 6. The van der Waals surface area contributed by atoms with E-state index in [1.807, 2.05) is 49.4 Å². The van der Waals surface area contributed by atoms with Crippen molar-refractivity contribution in [3.8, 4) is 5.69 Å². The topological polar surface area (TPSA) is 76.3 Å². The van der Waals surface area contributed by atoms with Crippen LogP contribution in [-0.2, 0) is 4.79 Å². The van der Waals surface area contributed by atoms with E-state index in [4.69, 9.17) is 11.6 Å². The predicted molar refractivity (Wildman–Crippen MR) is 147 cm³/mol. The Morgan fingerprint density at radius 2 is 1.69 bits per heavy atom. The summed E-state index contributed by atoms with van der Waals surface area (Å²) in [7, 11) is 0. The molecule has 4 aromatic carbocycles. The second-order valence-corrected chi connectivity index (χ2v) is 9.49. The van der Waals surface area contributed by atoms with Gasteiger partial charge in [-0.3, -0.25) is 14.2 Å². The second kappa shape index (κ2) is 10.4. The number of hydrogen-bond acceptors (Lipinski definition) is 5. The molecule has 1 heterocycles. The van der Waals surface area contributed by atoms with Gasteiger partial charge in [-0.05, 0) is 65.7 Å². The van der Waals surface area contributed by atoms with Crippen molar-refractivity contribution in [1.82, 2.24) is 15.0 Å². The summed E-state index contributed by atoms with van der Waals surface area (Å²) in [4.78, 5) is 30.6. The van der Waals surface area contributed by atoms with Gasteiger partial charge in [0.25, 0.3) is 11.5 Å². The molecule has 5 aromatic rings. The maximum atomic E-state index is 13.3. The standard InChI is InChI=1S/C28H21ClN4O2S/c1-18(20-11-10-19-6-2-3-7-21(19)16-20)31-32-26(34)17-36-28-30-25-9-5-4-8-24(25)27(35)33(28)23-14-12-22(29)13-15-23/h2-16H,17H2,1H3,(H,32,34)/b31-18-. The molecule has 0 bridgehead atoms. The first kappa shape index (κ1) is 23.8. The van der Waals surface area contributed by atoms with Crippen molar-refractivity contribution in [2.75, 3.05) is 5.75 Å². The number of nitrogens with zero attached hydrogens (tertiary/aromatic N) is 3. The Morgan fingerprint density at radius 3 is 2.50 bits per heavy atom. The summed E-state index contributed by atoms with van der Waals surface area (Å²) < 4.78 is 1.50. The molecule has 1 aromatic heterocycles. The van der Waals surface area contributed by atoms with Gasteiger partial charge in [0.1, 0.15) is 0 Å². The molecule has 0 saturated carbocycles. The van der Waals surface area contributed by atoms with E-state index >= 15 is 0 Å². The van der Waals surface area contributed by atoms with E-state index in [2.05, 4.69) is 21.6 Å². The molecule has 0 saturated heterocycles. The van der Waals surface area contributed by atoms with Crippen LogP contribution in [0.2, 0.25) is 5.02 Å². The lowest BCUT2D eigenvalue weighted by Crippen LogP contribution is -2.24. The van der Waals surface area contributed by atoms with Crippen molar-refractivity contribution in [3.63, 3.8) is 0 Å². The fraction of sp³-hybridized carbons (Fsp3) is 0.0714. The Hall–Kier alpha value is -3.94. The van der Waals surface area contributed by atoms with Crippen LogP contribution in [-0.4, -0.2) is 26.9 Å². The Balaban J connectivity index is 1.37. The molecule has 0 radical (unpaired) electrons. The highest BCUT2D eigenvalue weighted by Crippen LogP contribution is 2.22. The monoisotopic (exact) mass is 512 g/mol. The van der Waals surface area contributed by atoms with Crippen LogP contribution in [0.25, 0.3) is 27.4 Å². The molecule has 0 aliphatic carbocycles. The summed E-state index contributed by atoms with van der Waals surface area (Å²) >= 11 is 7.21. The number of carbonyl (C=O) groups is 1. The van der Waals surface area contributed by atoms with Crippen LogP contribution in [0.4, 0.5) is 0 Å². The molecule has 6 nitrogen and oxygen atoms in total. The zero-order valence-corrected chi connectivity index (χ0v) is 20.9. The van der Waals surface area contributed by atoms with Gasteiger partial charge in [-0.15, -0.1) is 0 Å². The van der Waals surface area contributed by atoms with Crippen LogP contribution in [0.1, 0.15) is 12.5 Å². The molecule has 1 N–H and O–H groups in total. The van der Waals surface area contributed by atoms with Crippen molar-refractivity contribution in [2.24, 2.45) is 5.10 Å². The minimum Gasteiger partial charge on any atom is -0.272 e. The highest BCUT2D eigenvalue weighted by molar-refractivity contribution is 7.99. The third-order valence-corrected chi connectivity index (χ3v) is 6.87. The van der Waals surface area contributed by atoms with E-state index < -0.39 is 0 Å². The van der Waals surface area contributed by atoms with Crippen molar-refractivity contribution in [2.45, 2.75) is 12.1 Å². The lowest BCUT2D eigenvalue weighted by Gasteiger charge is -2.13. The zero-order chi connectivity index (χ0) is 25.1. The maximum absolute atomic E-state index is 13.3. The first-order valence-electron chi connectivity index (χ1n) is 11.2. The largest absolute Gasteiger partial charge is 0.272 e. The number of amides is 1. The average molecular weight is 513 g/mol. The van der Waals surface area contributed by atoms with E-state index in [0.717, 1.165) is 16.3 Å². The van der Waals surface area contributed by atoms with Gasteiger partial charge in [-0.25, -0.2) is 10.4 Å². The Bertz CT molecular complexity index is 1680. The third kappa shape index (κ3) is 5.03. The number of halogens is 1. The zero-order valence-electron chi connectivity index (χ0n) is 19.3. The SMILES string of the molecule is C/C(=N/NC(=O)CSc1nc2ccccc2c(=O)n1-c1ccc(Cl)cc1)c1ccc2ccccc2c1. The molecule has 178 valence electrons. The first-order chi connectivity index (χ1) is 17.5. The third-order valence-electron chi connectivity index (χ3n) is 5.68.